The molecule has 0 amide bonds. The van der Waals surface area contributed by atoms with Crippen LogP contribution in [0.2, 0.25) is 0 Å². The van der Waals surface area contributed by atoms with Gasteiger partial charge in [0.25, 0.3) is 0 Å². The van der Waals surface area contributed by atoms with E-state index in [0.717, 1.165) is 17.8 Å². The Kier molecular flexibility index (Phi) is 3.68. The molecular weight excluding hydrogens is 362 g/mol. The van der Waals surface area contributed by atoms with E-state index in [1.807, 2.05) is 0 Å². The van der Waals surface area contributed by atoms with Gasteiger partial charge in [-0.1, -0.05) is 6.42 Å². The quantitative estimate of drug-likeness (QED) is 0.782. The molecule has 0 spiro atoms. The molecule has 4 unspecified atom stereocenters. The summed E-state index contributed by atoms with van der Waals surface area (Å²) in [6.07, 6.45) is 5.84. The number of halogens is 2. The smallest absolute Gasteiger partial charge is 0.0758 e. The van der Waals surface area contributed by atoms with E-state index in [1.54, 1.807) is 11.3 Å². The molecule has 17 heavy (non-hydrogen) atoms. The van der Waals surface area contributed by atoms with E-state index in [1.165, 1.54) is 38.8 Å². The van der Waals surface area contributed by atoms with Crippen LogP contribution in [0.15, 0.2) is 13.6 Å². The topological polar surface area (TPSA) is 12.0 Å². The first kappa shape index (κ1) is 12.6. The van der Waals surface area contributed by atoms with Crippen LogP contribution in [0.5, 0.6) is 0 Å². The maximum atomic E-state index is 3.71. The Morgan fingerprint density at radius 1 is 1.35 bits per heavy atom. The summed E-state index contributed by atoms with van der Waals surface area (Å²) in [6, 6.07) is 2.81. The van der Waals surface area contributed by atoms with Crippen molar-refractivity contribution in [3.63, 3.8) is 0 Å². The van der Waals surface area contributed by atoms with Crippen molar-refractivity contribution in [3.8, 4) is 0 Å². The average Bonchev–Trinajstić information content (AvgIpc) is 2.96. The number of hydrogen-bond donors (Lipinski definition) is 1. The molecule has 2 saturated carbocycles. The normalized spacial score (nSPS) is 33.2. The third kappa shape index (κ3) is 2.26. The van der Waals surface area contributed by atoms with Gasteiger partial charge in [-0.05, 0) is 87.6 Å². The zero-order valence-corrected chi connectivity index (χ0v) is 13.9. The van der Waals surface area contributed by atoms with Crippen LogP contribution in [0.1, 0.15) is 37.3 Å². The van der Waals surface area contributed by atoms with Gasteiger partial charge in [0.05, 0.1) is 7.57 Å². The number of fused-ring (bicyclic) bond motifs is 2. The first-order chi connectivity index (χ1) is 8.19. The van der Waals surface area contributed by atoms with Crippen molar-refractivity contribution in [1.82, 2.24) is 5.32 Å². The lowest BCUT2D eigenvalue weighted by molar-refractivity contribution is 0.259. The molecule has 1 N–H and O–H groups in total. The van der Waals surface area contributed by atoms with Crippen LogP contribution in [-0.2, 0) is 0 Å². The second-order valence-corrected chi connectivity index (χ2v) is 9.13. The molecule has 0 aliphatic heterocycles. The first-order valence-electron chi connectivity index (χ1n) is 6.31. The molecule has 1 aromatic heterocycles. The predicted molar refractivity (Wildman–Crippen MR) is 80.5 cm³/mol. The minimum Gasteiger partial charge on any atom is -0.313 e. The molecule has 0 aromatic carbocycles. The zero-order chi connectivity index (χ0) is 12.0. The Morgan fingerprint density at radius 2 is 2.18 bits per heavy atom. The molecule has 0 radical (unpaired) electrons. The van der Waals surface area contributed by atoms with E-state index in [0.29, 0.717) is 6.04 Å². The van der Waals surface area contributed by atoms with Crippen molar-refractivity contribution < 1.29 is 0 Å². The van der Waals surface area contributed by atoms with Gasteiger partial charge in [0.2, 0.25) is 0 Å². The summed E-state index contributed by atoms with van der Waals surface area (Å²) in [4.78, 5) is 0. The number of rotatable bonds is 3. The lowest BCUT2D eigenvalue weighted by Gasteiger charge is -2.30. The van der Waals surface area contributed by atoms with Gasteiger partial charge < -0.3 is 5.32 Å². The van der Waals surface area contributed by atoms with Crippen LogP contribution in [0, 0.1) is 17.8 Å². The highest BCUT2D eigenvalue weighted by molar-refractivity contribution is 9.12. The van der Waals surface area contributed by atoms with Crippen LogP contribution in [0.3, 0.4) is 0 Å². The van der Waals surface area contributed by atoms with Gasteiger partial charge in [-0.2, -0.15) is 0 Å². The maximum absolute atomic E-state index is 3.71. The Labute approximate surface area is 124 Å². The van der Waals surface area contributed by atoms with Crippen LogP contribution in [0.25, 0.3) is 0 Å². The molecule has 2 bridgehead atoms. The van der Waals surface area contributed by atoms with E-state index < -0.39 is 0 Å². The number of nitrogens with one attached hydrogen (secondary N) is 1. The van der Waals surface area contributed by atoms with Crippen LogP contribution < -0.4 is 5.32 Å². The number of hydrogen-bond acceptors (Lipinski definition) is 2. The van der Waals surface area contributed by atoms with Crippen molar-refractivity contribution in [1.29, 1.82) is 0 Å². The molecule has 2 aliphatic carbocycles. The molecule has 4 atom stereocenters. The van der Waals surface area contributed by atoms with Crippen molar-refractivity contribution >= 4 is 43.2 Å². The lowest BCUT2D eigenvalue weighted by atomic mass is 9.81. The molecule has 1 heterocycles. The van der Waals surface area contributed by atoms with Crippen LogP contribution in [0.4, 0.5) is 0 Å². The lowest BCUT2D eigenvalue weighted by Crippen LogP contribution is -2.28. The molecule has 2 aliphatic rings. The van der Waals surface area contributed by atoms with E-state index in [-0.39, 0.29) is 0 Å². The first-order valence-corrected chi connectivity index (χ1v) is 8.71. The monoisotopic (exact) mass is 377 g/mol. The van der Waals surface area contributed by atoms with Crippen LogP contribution in [-0.4, -0.2) is 7.05 Å². The molecule has 2 fully saturated rings. The second kappa shape index (κ2) is 4.95. The molecule has 3 rings (SSSR count). The Balaban J connectivity index is 1.86. The summed E-state index contributed by atoms with van der Waals surface area (Å²) in [7, 11) is 2.11. The van der Waals surface area contributed by atoms with E-state index in [2.05, 4.69) is 50.3 Å². The second-order valence-electron chi connectivity index (χ2n) is 5.38. The van der Waals surface area contributed by atoms with E-state index in [4.69, 9.17) is 0 Å². The fraction of sp³-hybridized carbons (Fsp3) is 0.692. The molecule has 0 saturated heterocycles. The third-order valence-electron chi connectivity index (χ3n) is 4.55. The summed E-state index contributed by atoms with van der Waals surface area (Å²) in [5.41, 5.74) is 1.45. The molecule has 1 nitrogen and oxygen atoms in total. The fourth-order valence-corrected chi connectivity index (χ4v) is 6.80. The Bertz CT molecular complexity index is 418. The van der Waals surface area contributed by atoms with E-state index in [9.17, 15) is 0 Å². The largest absolute Gasteiger partial charge is 0.313 e. The highest BCUT2D eigenvalue weighted by atomic mass is 79.9. The predicted octanol–water partition coefficient (Wildman–Crippen LogP) is 4.97. The molecular formula is C13H17Br2NS. The van der Waals surface area contributed by atoms with Crippen molar-refractivity contribution in [2.45, 2.75) is 31.7 Å². The van der Waals surface area contributed by atoms with Gasteiger partial charge in [-0.15, -0.1) is 11.3 Å². The Hall–Kier alpha value is 0.620. The van der Waals surface area contributed by atoms with Gasteiger partial charge in [0.15, 0.2) is 0 Å². The SMILES string of the molecule is CNC(c1cc(Br)sc1Br)C1CC2CCC1C2. The van der Waals surface area contributed by atoms with Crippen LogP contribution >= 0.6 is 43.2 Å². The molecule has 94 valence electrons. The minimum absolute atomic E-state index is 0.530. The Morgan fingerprint density at radius 3 is 2.65 bits per heavy atom. The maximum Gasteiger partial charge on any atom is 0.0758 e. The summed E-state index contributed by atoms with van der Waals surface area (Å²) >= 11 is 9.08. The summed E-state index contributed by atoms with van der Waals surface area (Å²) in [5.74, 6) is 2.82. The highest BCUT2D eigenvalue weighted by Gasteiger charge is 2.43. The van der Waals surface area contributed by atoms with Gasteiger partial charge in [0.1, 0.15) is 0 Å². The number of thiophene rings is 1. The van der Waals surface area contributed by atoms with Gasteiger partial charge in [0, 0.05) is 6.04 Å². The summed E-state index contributed by atoms with van der Waals surface area (Å²) < 4.78 is 2.51. The molecule has 1 aromatic rings. The van der Waals surface area contributed by atoms with Gasteiger partial charge >= 0.3 is 0 Å². The van der Waals surface area contributed by atoms with Crippen molar-refractivity contribution in [2.75, 3.05) is 7.05 Å². The standard InChI is InChI=1S/C13H17Br2NS/c1-16-12(10-6-11(14)17-13(10)15)9-5-7-2-3-8(9)4-7/h6-9,12,16H,2-5H2,1H3. The van der Waals surface area contributed by atoms with E-state index >= 15 is 0 Å². The average molecular weight is 379 g/mol. The third-order valence-corrected chi connectivity index (χ3v) is 6.94. The zero-order valence-electron chi connectivity index (χ0n) is 9.88. The summed E-state index contributed by atoms with van der Waals surface area (Å²) in [5, 5.41) is 3.56. The fourth-order valence-electron chi connectivity index (χ4n) is 3.87. The molecule has 4 heteroatoms. The van der Waals surface area contributed by atoms with Gasteiger partial charge in [-0.3, -0.25) is 0 Å². The minimum atomic E-state index is 0.530. The van der Waals surface area contributed by atoms with Gasteiger partial charge in [-0.25, -0.2) is 0 Å². The summed E-state index contributed by atoms with van der Waals surface area (Å²) in [6.45, 7) is 0. The highest BCUT2D eigenvalue weighted by Crippen LogP contribution is 2.53. The van der Waals surface area contributed by atoms with Crippen molar-refractivity contribution in [3.05, 3.63) is 19.2 Å². The van der Waals surface area contributed by atoms with Crippen molar-refractivity contribution in [2.24, 2.45) is 17.8 Å².